The van der Waals surface area contributed by atoms with E-state index < -0.39 is 6.10 Å². The molecule has 0 bridgehead atoms. The Morgan fingerprint density at radius 1 is 1.06 bits per heavy atom. The van der Waals surface area contributed by atoms with E-state index in [1.165, 1.54) is 0 Å². The molecular formula is C15H17NO. The van der Waals surface area contributed by atoms with Crippen LogP contribution in [-0.2, 0) is 0 Å². The molecule has 1 unspecified atom stereocenters. The van der Waals surface area contributed by atoms with Gasteiger partial charge in [-0.2, -0.15) is 0 Å². The van der Waals surface area contributed by atoms with Crippen LogP contribution in [0.2, 0.25) is 0 Å². The molecule has 0 saturated heterocycles. The molecule has 0 amide bonds. The van der Waals surface area contributed by atoms with Gasteiger partial charge < -0.3 is 5.11 Å². The van der Waals surface area contributed by atoms with Crippen molar-refractivity contribution >= 4 is 0 Å². The minimum Gasteiger partial charge on any atom is -0.387 e. The van der Waals surface area contributed by atoms with Gasteiger partial charge in [-0.15, -0.1) is 0 Å². The molecule has 2 nitrogen and oxygen atoms in total. The van der Waals surface area contributed by atoms with Gasteiger partial charge in [0, 0.05) is 5.56 Å². The second kappa shape index (κ2) is 5.60. The quantitative estimate of drug-likeness (QED) is 0.866. The maximum absolute atomic E-state index is 9.93. The van der Waals surface area contributed by atoms with Crippen LogP contribution in [0, 0.1) is 0 Å². The van der Waals surface area contributed by atoms with E-state index >= 15 is 0 Å². The van der Waals surface area contributed by atoms with Gasteiger partial charge in [-0.05, 0) is 18.6 Å². The molecule has 1 aromatic heterocycles. The van der Waals surface area contributed by atoms with Crippen LogP contribution in [0.15, 0.2) is 48.5 Å². The fourth-order valence-corrected chi connectivity index (χ4v) is 1.83. The summed E-state index contributed by atoms with van der Waals surface area (Å²) in [5.74, 6) is 0. The topological polar surface area (TPSA) is 33.1 Å². The van der Waals surface area contributed by atoms with E-state index in [2.05, 4.69) is 11.9 Å². The number of hydrogen-bond donors (Lipinski definition) is 1. The van der Waals surface area contributed by atoms with Gasteiger partial charge >= 0.3 is 0 Å². The summed E-state index contributed by atoms with van der Waals surface area (Å²) in [6.07, 6.45) is 1.26. The standard InChI is InChI=1S/C15H17NO/c1-2-7-15(17)14-11-6-10-13(16-14)12-8-4-3-5-9-12/h3-6,8-11,15,17H,2,7H2,1H3. The van der Waals surface area contributed by atoms with E-state index in [9.17, 15) is 5.11 Å². The zero-order valence-electron chi connectivity index (χ0n) is 10.0. The molecule has 1 aromatic carbocycles. The van der Waals surface area contributed by atoms with Crippen LogP contribution in [-0.4, -0.2) is 10.1 Å². The van der Waals surface area contributed by atoms with Crippen LogP contribution in [0.3, 0.4) is 0 Å². The molecule has 0 aliphatic rings. The Morgan fingerprint density at radius 2 is 1.82 bits per heavy atom. The summed E-state index contributed by atoms with van der Waals surface area (Å²) < 4.78 is 0. The van der Waals surface area contributed by atoms with Crippen molar-refractivity contribution in [3.63, 3.8) is 0 Å². The van der Waals surface area contributed by atoms with Crippen molar-refractivity contribution in [2.75, 3.05) is 0 Å². The first-order valence-electron chi connectivity index (χ1n) is 6.01. The number of aliphatic hydroxyl groups excluding tert-OH is 1. The first kappa shape index (κ1) is 11.8. The molecule has 0 aliphatic carbocycles. The molecule has 1 N–H and O–H groups in total. The van der Waals surface area contributed by atoms with Crippen LogP contribution in [0.5, 0.6) is 0 Å². The first-order chi connectivity index (χ1) is 8.31. The summed E-state index contributed by atoms with van der Waals surface area (Å²) in [5.41, 5.74) is 2.75. The molecule has 0 fully saturated rings. The van der Waals surface area contributed by atoms with Gasteiger partial charge in [0.05, 0.1) is 17.5 Å². The van der Waals surface area contributed by atoms with Crippen molar-refractivity contribution in [1.29, 1.82) is 0 Å². The highest BCUT2D eigenvalue weighted by molar-refractivity contribution is 5.58. The van der Waals surface area contributed by atoms with Crippen molar-refractivity contribution in [2.24, 2.45) is 0 Å². The van der Waals surface area contributed by atoms with E-state index in [0.717, 1.165) is 29.8 Å². The third-order valence-corrected chi connectivity index (χ3v) is 2.74. The minimum atomic E-state index is -0.455. The third kappa shape index (κ3) is 2.92. The highest BCUT2D eigenvalue weighted by Gasteiger charge is 2.08. The maximum atomic E-state index is 9.93. The van der Waals surface area contributed by atoms with Gasteiger partial charge in [-0.3, -0.25) is 4.98 Å². The van der Waals surface area contributed by atoms with Crippen LogP contribution in [0.4, 0.5) is 0 Å². The molecule has 17 heavy (non-hydrogen) atoms. The number of aromatic nitrogens is 1. The molecule has 2 aromatic rings. The molecule has 1 heterocycles. The average Bonchev–Trinajstić information content (AvgIpc) is 2.40. The van der Waals surface area contributed by atoms with Gasteiger partial charge in [-0.1, -0.05) is 49.7 Å². The van der Waals surface area contributed by atoms with Crippen LogP contribution in [0.1, 0.15) is 31.6 Å². The average molecular weight is 227 g/mol. The van der Waals surface area contributed by atoms with Gasteiger partial charge in [0.2, 0.25) is 0 Å². The van der Waals surface area contributed by atoms with Crippen molar-refractivity contribution in [3.8, 4) is 11.3 Å². The van der Waals surface area contributed by atoms with E-state index in [1.807, 2.05) is 48.5 Å². The van der Waals surface area contributed by atoms with Gasteiger partial charge in [0.1, 0.15) is 0 Å². The number of aliphatic hydroxyl groups is 1. The fraction of sp³-hybridized carbons (Fsp3) is 0.267. The lowest BCUT2D eigenvalue weighted by Gasteiger charge is -2.10. The highest BCUT2D eigenvalue weighted by Crippen LogP contribution is 2.21. The first-order valence-corrected chi connectivity index (χ1v) is 6.01. The van der Waals surface area contributed by atoms with Crippen molar-refractivity contribution in [3.05, 3.63) is 54.2 Å². The lowest BCUT2D eigenvalue weighted by Crippen LogP contribution is -2.00. The lowest BCUT2D eigenvalue weighted by molar-refractivity contribution is 0.162. The van der Waals surface area contributed by atoms with Crippen LogP contribution in [0.25, 0.3) is 11.3 Å². The second-order valence-corrected chi connectivity index (χ2v) is 4.12. The van der Waals surface area contributed by atoms with Crippen molar-refractivity contribution in [2.45, 2.75) is 25.9 Å². The predicted molar refractivity (Wildman–Crippen MR) is 69.5 cm³/mol. The Kier molecular flexibility index (Phi) is 3.89. The number of hydrogen-bond acceptors (Lipinski definition) is 2. The Balaban J connectivity index is 2.29. The lowest BCUT2D eigenvalue weighted by atomic mass is 10.1. The summed E-state index contributed by atoms with van der Waals surface area (Å²) in [7, 11) is 0. The Hall–Kier alpha value is -1.67. The molecule has 0 radical (unpaired) electrons. The summed E-state index contributed by atoms with van der Waals surface area (Å²) >= 11 is 0. The molecule has 0 saturated carbocycles. The van der Waals surface area contributed by atoms with Crippen molar-refractivity contribution < 1.29 is 5.11 Å². The monoisotopic (exact) mass is 227 g/mol. The zero-order valence-corrected chi connectivity index (χ0v) is 10.0. The van der Waals surface area contributed by atoms with Crippen LogP contribution >= 0.6 is 0 Å². The number of rotatable bonds is 4. The molecule has 0 aliphatic heterocycles. The number of benzene rings is 1. The molecule has 2 rings (SSSR count). The van der Waals surface area contributed by atoms with Gasteiger partial charge in [0.15, 0.2) is 0 Å². The van der Waals surface area contributed by atoms with Gasteiger partial charge in [-0.25, -0.2) is 0 Å². The molecular weight excluding hydrogens is 210 g/mol. The van der Waals surface area contributed by atoms with Gasteiger partial charge in [0.25, 0.3) is 0 Å². The Morgan fingerprint density at radius 3 is 2.53 bits per heavy atom. The van der Waals surface area contributed by atoms with E-state index in [0.29, 0.717) is 0 Å². The number of nitrogens with zero attached hydrogens (tertiary/aromatic N) is 1. The van der Waals surface area contributed by atoms with Crippen molar-refractivity contribution in [1.82, 2.24) is 4.98 Å². The van der Waals surface area contributed by atoms with E-state index in [-0.39, 0.29) is 0 Å². The fourth-order valence-electron chi connectivity index (χ4n) is 1.83. The molecule has 88 valence electrons. The predicted octanol–water partition coefficient (Wildman–Crippen LogP) is 3.58. The summed E-state index contributed by atoms with van der Waals surface area (Å²) in [6.45, 7) is 2.06. The molecule has 1 atom stereocenters. The molecule has 0 spiro atoms. The smallest absolute Gasteiger partial charge is 0.0959 e. The minimum absolute atomic E-state index is 0.455. The largest absolute Gasteiger partial charge is 0.387 e. The highest BCUT2D eigenvalue weighted by atomic mass is 16.3. The van der Waals surface area contributed by atoms with E-state index in [4.69, 9.17) is 0 Å². The third-order valence-electron chi connectivity index (χ3n) is 2.74. The summed E-state index contributed by atoms with van der Waals surface area (Å²) in [5, 5.41) is 9.93. The SMILES string of the molecule is CCCC(O)c1cccc(-c2ccccc2)n1. The zero-order chi connectivity index (χ0) is 12.1. The maximum Gasteiger partial charge on any atom is 0.0959 e. The Bertz CT molecular complexity index is 467. The second-order valence-electron chi connectivity index (χ2n) is 4.12. The summed E-state index contributed by atoms with van der Waals surface area (Å²) in [6, 6.07) is 15.8. The van der Waals surface area contributed by atoms with Crippen LogP contribution < -0.4 is 0 Å². The Labute approximate surface area is 102 Å². The summed E-state index contributed by atoms with van der Waals surface area (Å²) in [4.78, 5) is 4.51. The van der Waals surface area contributed by atoms with E-state index in [1.54, 1.807) is 0 Å². The number of pyridine rings is 1. The molecule has 2 heteroatoms. The normalized spacial score (nSPS) is 12.4.